The van der Waals surface area contributed by atoms with Gasteiger partial charge in [0.25, 0.3) is 0 Å². The number of hydrogen-bond donors (Lipinski definition) is 0. The Bertz CT molecular complexity index is 843. The molecule has 31 heavy (non-hydrogen) atoms. The normalized spacial score (nSPS) is 18.0. The van der Waals surface area contributed by atoms with Crippen LogP contribution in [0.25, 0.3) is 0 Å². The SMILES string of the molecule is O=C([O-])COC[C@H]1CC[C@H](COC(=O)N(c2ccccc2)c2cccc(F)c2)CC1.[K+]. The van der Waals surface area contributed by atoms with Crippen molar-refractivity contribution in [2.24, 2.45) is 11.8 Å². The van der Waals surface area contributed by atoms with Gasteiger partial charge in [-0.3, -0.25) is 0 Å². The zero-order valence-corrected chi connectivity index (χ0v) is 20.8. The van der Waals surface area contributed by atoms with Crippen molar-refractivity contribution in [1.29, 1.82) is 0 Å². The number of halogens is 1. The maximum absolute atomic E-state index is 13.7. The number of carbonyl (C=O) groups is 2. The van der Waals surface area contributed by atoms with Crippen molar-refractivity contribution in [2.45, 2.75) is 25.7 Å². The van der Waals surface area contributed by atoms with E-state index in [9.17, 15) is 19.1 Å². The van der Waals surface area contributed by atoms with Crippen LogP contribution in [-0.2, 0) is 14.3 Å². The Morgan fingerprint density at radius 1 is 0.935 bits per heavy atom. The summed E-state index contributed by atoms with van der Waals surface area (Å²) in [5.74, 6) is -1.10. The molecule has 0 N–H and O–H groups in total. The van der Waals surface area contributed by atoms with E-state index in [1.165, 1.54) is 17.0 Å². The van der Waals surface area contributed by atoms with E-state index in [-0.39, 0.29) is 70.5 Å². The Morgan fingerprint density at radius 3 is 2.16 bits per heavy atom. The molecular weight excluding hydrogens is 428 g/mol. The van der Waals surface area contributed by atoms with Crippen LogP contribution in [0.15, 0.2) is 54.6 Å². The number of nitrogens with zero attached hydrogens (tertiary/aromatic N) is 1. The predicted octanol–water partition coefficient (Wildman–Crippen LogP) is 0.677. The average molecular weight is 454 g/mol. The molecule has 0 spiro atoms. The summed E-state index contributed by atoms with van der Waals surface area (Å²) in [6, 6.07) is 14.8. The summed E-state index contributed by atoms with van der Waals surface area (Å²) >= 11 is 0. The van der Waals surface area contributed by atoms with Crippen LogP contribution in [0.3, 0.4) is 0 Å². The second-order valence-electron chi connectivity index (χ2n) is 7.50. The monoisotopic (exact) mass is 453 g/mol. The summed E-state index contributed by atoms with van der Waals surface area (Å²) in [4.78, 5) is 24.6. The number of para-hydroxylation sites is 1. The second kappa shape index (κ2) is 13.3. The van der Waals surface area contributed by atoms with Crippen molar-refractivity contribution in [1.82, 2.24) is 0 Å². The van der Waals surface area contributed by atoms with E-state index in [0.29, 0.717) is 23.9 Å². The summed E-state index contributed by atoms with van der Waals surface area (Å²) in [5.41, 5.74) is 1.00. The van der Waals surface area contributed by atoms with Crippen LogP contribution in [0.1, 0.15) is 25.7 Å². The molecule has 2 aromatic carbocycles. The predicted molar refractivity (Wildman–Crippen MR) is 108 cm³/mol. The standard InChI is InChI=1S/C23H26FNO5.K/c24-19-5-4-8-21(13-19)25(20-6-2-1-3-7-20)23(28)30-15-18-11-9-17(10-12-18)14-29-16-22(26)27;/h1-8,13,17-18H,9-12,14-16H2,(H,26,27);/q;+1/p-1/t17-,18-;. The molecule has 6 nitrogen and oxygen atoms in total. The fourth-order valence-electron chi connectivity index (χ4n) is 3.68. The minimum absolute atomic E-state index is 0. The van der Waals surface area contributed by atoms with Gasteiger partial charge in [-0.25, -0.2) is 14.1 Å². The zero-order chi connectivity index (χ0) is 21.3. The number of carboxylic acid groups (broad SMARTS) is 1. The van der Waals surface area contributed by atoms with E-state index in [1.807, 2.05) is 6.07 Å². The van der Waals surface area contributed by atoms with E-state index in [2.05, 4.69) is 0 Å². The molecule has 0 unspecified atom stereocenters. The molecule has 0 atom stereocenters. The molecule has 0 aliphatic heterocycles. The van der Waals surface area contributed by atoms with Gasteiger partial charge >= 0.3 is 57.5 Å². The first-order chi connectivity index (χ1) is 14.5. The quantitative estimate of drug-likeness (QED) is 0.550. The Morgan fingerprint density at radius 2 is 1.55 bits per heavy atom. The molecule has 0 heterocycles. The topological polar surface area (TPSA) is 78.9 Å². The maximum Gasteiger partial charge on any atom is 1.00 e. The molecule has 1 fully saturated rings. The van der Waals surface area contributed by atoms with E-state index in [0.717, 1.165) is 25.7 Å². The van der Waals surface area contributed by atoms with Crippen LogP contribution in [0.4, 0.5) is 20.6 Å². The average Bonchev–Trinajstić information content (AvgIpc) is 2.74. The third-order valence-electron chi connectivity index (χ3n) is 5.25. The fourth-order valence-corrected chi connectivity index (χ4v) is 3.68. The van der Waals surface area contributed by atoms with Gasteiger partial charge in [0.2, 0.25) is 0 Å². The van der Waals surface area contributed by atoms with Gasteiger partial charge in [-0.05, 0) is 67.9 Å². The molecular formula is C23H25FKNO5. The number of benzene rings is 2. The number of hydrogen-bond acceptors (Lipinski definition) is 5. The number of rotatable bonds is 8. The van der Waals surface area contributed by atoms with Gasteiger partial charge in [-0.15, -0.1) is 0 Å². The van der Waals surface area contributed by atoms with Crippen molar-refractivity contribution < 1.29 is 79.9 Å². The van der Waals surface area contributed by atoms with Gasteiger partial charge in [0.1, 0.15) is 5.82 Å². The van der Waals surface area contributed by atoms with Gasteiger partial charge in [0, 0.05) is 6.61 Å². The van der Waals surface area contributed by atoms with Crippen molar-refractivity contribution >= 4 is 23.4 Å². The number of aliphatic carboxylic acids is 1. The van der Waals surface area contributed by atoms with Crippen LogP contribution in [0.2, 0.25) is 0 Å². The van der Waals surface area contributed by atoms with Crippen molar-refractivity contribution in [3.05, 3.63) is 60.4 Å². The van der Waals surface area contributed by atoms with E-state index >= 15 is 0 Å². The molecule has 0 bridgehead atoms. The Hall–Kier alpha value is -1.29. The summed E-state index contributed by atoms with van der Waals surface area (Å²) in [5, 5.41) is 10.4. The Balaban J connectivity index is 0.00000341. The third-order valence-corrected chi connectivity index (χ3v) is 5.25. The van der Waals surface area contributed by atoms with Gasteiger partial charge in [-0.1, -0.05) is 24.3 Å². The molecule has 1 saturated carbocycles. The summed E-state index contributed by atoms with van der Waals surface area (Å²) in [6.45, 7) is 0.304. The van der Waals surface area contributed by atoms with E-state index < -0.39 is 17.9 Å². The van der Waals surface area contributed by atoms with Crippen LogP contribution in [0, 0.1) is 17.7 Å². The Labute approximate surface area is 224 Å². The van der Waals surface area contributed by atoms with Gasteiger partial charge in [-0.2, -0.15) is 0 Å². The van der Waals surface area contributed by atoms with Gasteiger partial charge in [0.15, 0.2) is 0 Å². The number of carboxylic acids is 1. The molecule has 160 valence electrons. The molecule has 0 radical (unpaired) electrons. The van der Waals surface area contributed by atoms with E-state index in [4.69, 9.17) is 9.47 Å². The van der Waals surface area contributed by atoms with Crippen LogP contribution >= 0.6 is 0 Å². The number of carbonyl (C=O) groups excluding carboxylic acids is 2. The Kier molecular flexibility index (Phi) is 11.1. The first-order valence-corrected chi connectivity index (χ1v) is 10.1. The molecule has 1 aliphatic carbocycles. The first kappa shape index (κ1) is 26.0. The number of ether oxygens (including phenoxy) is 2. The van der Waals surface area contributed by atoms with Crippen LogP contribution in [0.5, 0.6) is 0 Å². The molecule has 1 aliphatic rings. The number of anilines is 2. The fraction of sp³-hybridized carbons (Fsp3) is 0.391. The van der Waals surface area contributed by atoms with Crippen LogP contribution in [-0.4, -0.2) is 31.9 Å². The molecule has 1 amide bonds. The third kappa shape index (κ3) is 8.29. The minimum Gasteiger partial charge on any atom is -0.548 e. The van der Waals surface area contributed by atoms with Gasteiger partial charge < -0.3 is 19.4 Å². The van der Waals surface area contributed by atoms with Gasteiger partial charge in [0.05, 0.1) is 30.6 Å². The minimum atomic E-state index is -1.21. The largest absolute Gasteiger partial charge is 1.00 e. The first-order valence-electron chi connectivity index (χ1n) is 10.1. The summed E-state index contributed by atoms with van der Waals surface area (Å²) in [6.07, 6.45) is 2.98. The molecule has 0 aromatic heterocycles. The number of amides is 1. The molecule has 2 aromatic rings. The molecule has 0 saturated heterocycles. The van der Waals surface area contributed by atoms with Crippen LogP contribution < -0.4 is 61.4 Å². The van der Waals surface area contributed by atoms with Crippen molar-refractivity contribution in [3.63, 3.8) is 0 Å². The molecule has 8 heteroatoms. The smallest absolute Gasteiger partial charge is 0.548 e. The van der Waals surface area contributed by atoms with Crippen molar-refractivity contribution in [2.75, 3.05) is 24.7 Å². The van der Waals surface area contributed by atoms with E-state index in [1.54, 1.807) is 36.4 Å². The molecule has 3 rings (SSSR count). The maximum atomic E-state index is 13.7. The van der Waals surface area contributed by atoms with Crippen molar-refractivity contribution in [3.8, 4) is 0 Å². The zero-order valence-electron chi connectivity index (χ0n) is 17.7. The summed E-state index contributed by atoms with van der Waals surface area (Å²) in [7, 11) is 0. The second-order valence-corrected chi connectivity index (χ2v) is 7.50. The summed E-state index contributed by atoms with van der Waals surface area (Å²) < 4.78 is 24.4.